The van der Waals surface area contributed by atoms with Gasteiger partial charge in [-0.3, -0.25) is 0 Å². The van der Waals surface area contributed by atoms with E-state index in [1.54, 1.807) is 0 Å². The molecule has 0 spiro atoms. The van der Waals surface area contributed by atoms with Gasteiger partial charge in [-0.25, -0.2) is 0 Å². The molecule has 0 saturated heterocycles. The second-order valence-corrected chi connectivity index (χ2v) is 6.16. The third-order valence-electron chi connectivity index (χ3n) is 2.71. The Hall–Kier alpha value is 0.140. The zero-order valence-corrected chi connectivity index (χ0v) is 11.6. The highest BCUT2D eigenvalue weighted by atomic mass is 79.9. The van der Waals surface area contributed by atoms with Crippen molar-refractivity contribution in [3.05, 3.63) is 20.3 Å². The molecule has 3 heteroatoms. The average molecular weight is 276 g/mol. The summed E-state index contributed by atoms with van der Waals surface area (Å²) in [6, 6.07) is 2.78. The number of rotatable bonds is 4. The van der Waals surface area contributed by atoms with Crippen molar-refractivity contribution in [2.24, 2.45) is 5.92 Å². The van der Waals surface area contributed by atoms with Crippen LogP contribution in [-0.4, -0.2) is 7.05 Å². The van der Waals surface area contributed by atoms with Crippen molar-refractivity contribution in [3.8, 4) is 0 Å². The van der Waals surface area contributed by atoms with Gasteiger partial charge in [-0.1, -0.05) is 20.3 Å². The summed E-state index contributed by atoms with van der Waals surface area (Å²) in [6.07, 6.45) is 1.21. The maximum absolute atomic E-state index is 3.58. The summed E-state index contributed by atoms with van der Waals surface area (Å²) >= 11 is 5.42. The first-order valence-electron chi connectivity index (χ1n) is 5.03. The molecule has 2 atom stereocenters. The van der Waals surface area contributed by atoms with Crippen LogP contribution in [-0.2, 0) is 0 Å². The van der Waals surface area contributed by atoms with Gasteiger partial charge in [0.2, 0.25) is 0 Å². The van der Waals surface area contributed by atoms with E-state index in [-0.39, 0.29) is 0 Å². The number of thiophene rings is 1. The lowest BCUT2D eigenvalue weighted by molar-refractivity contribution is 0.406. The van der Waals surface area contributed by atoms with Gasteiger partial charge in [0.25, 0.3) is 0 Å². The predicted octanol–water partition coefficient (Wildman–Crippen LogP) is 4.13. The normalized spacial score (nSPS) is 15.5. The molecule has 14 heavy (non-hydrogen) atoms. The molecule has 0 bridgehead atoms. The molecule has 0 aliphatic rings. The van der Waals surface area contributed by atoms with Crippen molar-refractivity contribution in [3.63, 3.8) is 0 Å². The second kappa shape index (κ2) is 5.29. The molecule has 1 nitrogen and oxygen atoms in total. The fraction of sp³-hybridized carbons (Fsp3) is 0.636. The minimum Gasteiger partial charge on any atom is -0.312 e. The van der Waals surface area contributed by atoms with Crippen LogP contribution in [0.3, 0.4) is 0 Å². The van der Waals surface area contributed by atoms with Crippen molar-refractivity contribution in [2.75, 3.05) is 7.05 Å². The molecule has 0 radical (unpaired) electrons. The number of hydrogen-bond donors (Lipinski definition) is 1. The fourth-order valence-electron chi connectivity index (χ4n) is 1.58. The van der Waals surface area contributed by atoms with Crippen LogP contribution in [0.25, 0.3) is 0 Å². The summed E-state index contributed by atoms with van der Waals surface area (Å²) in [5, 5.41) is 3.40. The van der Waals surface area contributed by atoms with E-state index in [9.17, 15) is 0 Å². The van der Waals surface area contributed by atoms with E-state index < -0.39 is 0 Å². The van der Waals surface area contributed by atoms with Crippen LogP contribution in [0.5, 0.6) is 0 Å². The van der Waals surface area contributed by atoms with Crippen molar-refractivity contribution < 1.29 is 0 Å². The molecule has 1 rings (SSSR count). The van der Waals surface area contributed by atoms with Gasteiger partial charge < -0.3 is 5.32 Å². The van der Waals surface area contributed by atoms with E-state index in [0.717, 1.165) is 0 Å². The first-order chi connectivity index (χ1) is 6.60. The molecule has 1 heterocycles. The maximum atomic E-state index is 3.58. The van der Waals surface area contributed by atoms with E-state index >= 15 is 0 Å². The molecule has 1 aromatic heterocycles. The standard InChI is InChI=1S/C11H18BrNS/c1-5-7(2)10(13-4)9-6-8(3)11(12)14-9/h6-7,10,13H,5H2,1-4H3. The van der Waals surface area contributed by atoms with E-state index in [2.05, 4.69) is 48.1 Å². The Balaban J connectivity index is 2.89. The first-order valence-corrected chi connectivity index (χ1v) is 6.64. The molecule has 0 aliphatic carbocycles. The number of aryl methyl sites for hydroxylation is 1. The highest BCUT2D eigenvalue weighted by Crippen LogP contribution is 2.34. The number of nitrogens with one attached hydrogen (secondary N) is 1. The van der Waals surface area contributed by atoms with Crippen LogP contribution in [0.4, 0.5) is 0 Å². The predicted molar refractivity (Wildman–Crippen MR) is 68.0 cm³/mol. The minimum absolute atomic E-state index is 0.495. The zero-order chi connectivity index (χ0) is 10.7. The molecular formula is C11H18BrNS. The van der Waals surface area contributed by atoms with Crippen molar-refractivity contribution >= 4 is 27.3 Å². The Morgan fingerprint density at radius 3 is 2.57 bits per heavy atom. The highest BCUT2D eigenvalue weighted by molar-refractivity contribution is 9.11. The lowest BCUT2D eigenvalue weighted by Gasteiger charge is -2.20. The SMILES string of the molecule is CCC(C)C(NC)c1cc(C)c(Br)s1. The largest absolute Gasteiger partial charge is 0.312 e. The van der Waals surface area contributed by atoms with Gasteiger partial charge in [0.1, 0.15) is 0 Å². The Morgan fingerprint density at radius 2 is 2.21 bits per heavy atom. The quantitative estimate of drug-likeness (QED) is 0.872. The van der Waals surface area contributed by atoms with Gasteiger partial charge in [-0.15, -0.1) is 11.3 Å². The van der Waals surface area contributed by atoms with Crippen molar-refractivity contribution in [1.82, 2.24) is 5.32 Å². The van der Waals surface area contributed by atoms with Crippen LogP contribution < -0.4 is 5.32 Å². The third kappa shape index (κ3) is 2.59. The van der Waals surface area contributed by atoms with Gasteiger partial charge in [0.15, 0.2) is 0 Å². The molecule has 0 amide bonds. The molecule has 80 valence electrons. The molecule has 0 saturated carbocycles. The highest BCUT2D eigenvalue weighted by Gasteiger charge is 2.18. The molecule has 0 fully saturated rings. The topological polar surface area (TPSA) is 12.0 Å². The number of halogens is 1. The van der Waals surface area contributed by atoms with Crippen LogP contribution >= 0.6 is 27.3 Å². The van der Waals surface area contributed by atoms with Crippen LogP contribution in [0.1, 0.15) is 36.8 Å². The van der Waals surface area contributed by atoms with Crippen molar-refractivity contribution in [1.29, 1.82) is 0 Å². The van der Waals surface area contributed by atoms with Gasteiger partial charge in [-0.2, -0.15) is 0 Å². The number of hydrogen-bond acceptors (Lipinski definition) is 2. The van der Waals surface area contributed by atoms with Gasteiger partial charge in [0.05, 0.1) is 3.79 Å². The van der Waals surface area contributed by atoms with Crippen LogP contribution in [0.15, 0.2) is 9.85 Å². The van der Waals surface area contributed by atoms with Gasteiger partial charge >= 0.3 is 0 Å². The van der Waals surface area contributed by atoms with Gasteiger partial charge in [-0.05, 0) is 47.4 Å². The average Bonchev–Trinajstić information content (AvgIpc) is 2.48. The van der Waals surface area contributed by atoms with E-state index in [4.69, 9.17) is 0 Å². The molecule has 1 aromatic rings. The van der Waals surface area contributed by atoms with Crippen molar-refractivity contribution in [2.45, 2.75) is 33.2 Å². The Kier molecular flexibility index (Phi) is 4.61. The summed E-state index contributed by atoms with van der Waals surface area (Å²) in [5.74, 6) is 0.685. The smallest absolute Gasteiger partial charge is 0.0731 e. The summed E-state index contributed by atoms with van der Waals surface area (Å²) in [5.41, 5.74) is 1.34. The zero-order valence-electron chi connectivity index (χ0n) is 9.23. The fourth-order valence-corrected chi connectivity index (χ4v) is 3.39. The summed E-state index contributed by atoms with van der Waals surface area (Å²) in [6.45, 7) is 6.68. The third-order valence-corrected chi connectivity index (χ3v) is 4.93. The lowest BCUT2D eigenvalue weighted by atomic mass is 9.98. The molecule has 1 N–H and O–H groups in total. The van der Waals surface area contributed by atoms with E-state index in [0.29, 0.717) is 12.0 Å². The molecule has 0 aromatic carbocycles. The van der Waals surface area contributed by atoms with Gasteiger partial charge in [0, 0.05) is 10.9 Å². The molecular weight excluding hydrogens is 258 g/mol. The summed E-state index contributed by atoms with van der Waals surface area (Å²) in [7, 11) is 2.04. The van der Waals surface area contributed by atoms with Crippen LogP contribution in [0, 0.1) is 12.8 Å². The Bertz CT molecular complexity index is 276. The van der Waals surface area contributed by atoms with E-state index in [1.807, 2.05) is 18.4 Å². The monoisotopic (exact) mass is 275 g/mol. The summed E-state index contributed by atoms with van der Waals surface area (Å²) < 4.78 is 1.26. The Morgan fingerprint density at radius 1 is 1.57 bits per heavy atom. The summed E-state index contributed by atoms with van der Waals surface area (Å²) in [4.78, 5) is 1.44. The Labute approximate surface area is 99.0 Å². The van der Waals surface area contributed by atoms with E-state index in [1.165, 1.54) is 20.6 Å². The lowest BCUT2D eigenvalue weighted by Crippen LogP contribution is -2.21. The maximum Gasteiger partial charge on any atom is 0.0731 e. The second-order valence-electron chi connectivity index (χ2n) is 3.76. The molecule has 2 unspecified atom stereocenters. The first kappa shape index (κ1) is 12.2. The minimum atomic E-state index is 0.495. The molecule has 0 aliphatic heterocycles. The van der Waals surface area contributed by atoms with Crippen LogP contribution in [0.2, 0.25) is 0 Å².